The van der Waals surface area contributed by atoms with Crippen molar-refractivity contribution in [1.82, 2.24) is 19.9 Å². The van der Waals surface area contributed by atoms with Crippen LogP contribution in [-0.2, 0) is 12.8 Å². The first-order chi connectivity index (χ1) is 26.7. The van der Waals surface area contributed by atoms with Crippen molar-refractivity contribution in [3.05, 3.63) is 115 Å². The maximum Gasteiger partial charge on any atom is 0.0906 e. The lowest BCUT2D eigenvalue weighted by Gasteiger charge is -2.06. The van der Waals surface area contributed by atoms with Crippen LogP contribution in [0.3, 0.4) is 0 Å². The lowest BCUT2D eigenvalue weighted by atomic mass is 10.0. The molecular formula is C46H44N4S4. The Hall–Kier alpha value is -4.34. The van der Waals surface area contributed by atoms with Gasteiger partial charge < -0.3 is 0 Å². The minimum Gasteiger partial charge on any atom is -0.244 e. The Kier molecular flexibility index (Phi) is 11.8. The predicted molar refractivity (Wildman–Crippen MR) is 241 cm³/mol. The van der Waals surface area contributed by atoms with Crippen LogP contribution in [0.2, 0.25) is 0 Å². The van der Waals surface area contributed by atoms with Gasteiger partial charge in [0, 0.05) is 22.3 Å². The zero-order chi connectivity index (χ0) is 36.7. The van der Waals surface area contributed by atoms with E-state index in [1.165, 1.54) is 73.6 Å². The number of unbranched alkanes of at least 4 members (excludes halogenated alkanes) is 6. The molecule has 0 radical (unpaired) electrons. The smallest absolute Gasteiger partial charge is 0.0906 e. The van der Waals surface area contributed by atoms with Gasteiger partial charge in [-0.1, -0.05) is 137 Å². The summed E-state index contributed by atoms with van der Waals surface area (Å²) in [4.78, 5) is 19.6. The Morgan fingerprint density at radius 1 is 0.389 bits per heavy atom. The number of rotatable bonds is 16. The van der Waals surface area contributed by atoms with Gasteiger partial charge in [-0.25, -0.2) is 19.9 Å². The van der Waals surface area contributed by atoms with Crippen LogP contribution in [0.4, 0.5) is 0 Å². The van der Waals surface area contributed by atoms with Crippen molar-refractivity contribution in [2.24, 2.45) is 0 Å². The van der Waals surface area contributed by atoms with Crippen LogP contribution in [0.5, 0.6) is 0 Å². The van der Waals surface area contributed by atoms with Gasteiger partial charge in [-0.3, -0.25) is 0 Å². The Morgan fingerprint density at radius 2 is 0.704 bits per heavy atom. The van der Waals surface area contributed by atoms with E-state index in [1.54, 1.807) is 45.3 Å². The van der Waals surface area contributed by atoms with Crippen molar-refractivity contribution < 1.29 is 0 Å². The average molecular weight is 781 g/mol. The van der Waals surface area contributed by atoms with Gasteiger partial charge in [-0.05, 0) is 47.9 Å². The van der Waals surface area contributed by atoms with Crippen molar-refractivity contribution in [2.75, 3.05) is 0 Å². The molecule has 0 spiro atoms. The number of thiazole rings is 4. The molecule has 0 aliphatic heterocycles. The van der Waals surface area contributed by atoms with Crippen LogP contribution in [0.15, 0.2) is 70.6 Å². The third-order valence-corrected chi connectivity index (χ3v) is 13.6. The van der Waals surface area contributed by atoms with Gasteiger partial charge in [0.05, 0.1) is 62.9 Å². The molecule has 272 valence electrons. The molecule has 0 saturated heterocycles. The molecule has 8 rings (SSSR count). The maximum absolute atomic E-state index is 4.91. The van der Waals surface area contributed by atoms with Crippen LogP contribution in [-0.4, -0.2) is 19.9 Å². The van der Waals surface area contributed by atoms with E-state index in [9.17, 15) is 0 Å². The number of nitrogens with zero attached hydrogens (tertiary/aromatic N) is 4. The van der Waals surface area contributed by atoms with Gasteiger partial charge in [-0.2, -0.15) is 0 Å². The van der Waals surface area contributed by atoms with E-state index in [0.29, 0.717) is 0 Å². The summed E-state index contributed by atoms with van der Waals surface area (Å²) >= 11 is 6.71. The van der Waals surface area contributed by atoms with Gasteiger partial charge in [-0.15, -0.1) is 45.3 Å². The number of hydrogen-bond acceptors (Lipinski definition) is 8. The number of hydrogen-bond donors (Lipinski definition) is 0. The average Bonchev–Trinajstić information content (AvgIpc) is 4.04. The molecule has 8 heteroatoms. The predicted octanol–water partition coefficient (Wildman–Crippen LogP) is 14.9. The summed E-state index contributed by atoms with van der Waals surface area (Å²) in [6.07, 6.45) is 25.9. The van der Waals surface area contributed by atoms with Gasteiger partial charge >= 0.3 is 0 Å². The van der Waals surface area contributed by atoms with Crippen molar-refractivity contribution in [3.8, 4) is 0 Å². The maximum atomic E-state index is 4.91. The van der Waals surface area contributed by atoms with Gasteiger partial charge in [0.1, 0.15) is 0 Å². The molecule has 4 nitrogen and oxygen atoms in total. The standard InChI is InChI=1S/C46H44N4S4/c1-3-5-7-9-11-31-13-17-33(18-14-31)21-23-35-39-45(53-27-47-39)37(41-43(35)51-29-49-41)25-26-38-42-44(52-30-50-42)36(40-46(38)54-28-48-40)24-22-34-19-15-32(16-20-34)12-10-8-6-4-2/h13-30H,3-12H2,1-2H3/b23-21+,24-22+,26-25+. The zero-order valence-corrected chi connectivity index (χ0v) is 34.2. The van der Waals surface area contributed by atoms with Crippen LogP contribution in [0.25, 0.3) is 77.3 Å². The van der Waals surface area contributed by atoms with E-state index in [1.807, 2.05) is 22.0 Å². The minimum atomic E-state index is 1.01. The first-order valence-electron chi connectivity index (χ1n) is 19.2. The second-order valence-electron chi connectivity index (χ2n) is 13.9. The van der Waals surface area contributed by atoms with E-state index in [-0.39, 0.29) is 0 Å². The van der Waals surface area contributed by atoms with E-state index in [4.69, 9.17) is 19.9 Å². The van der Waals surface area contributed by atoms with E-state index in [0.717, 1.165) is 76.0 Å². The highest BCUT2D eigenvalue weighted by Crippen LogP contribution is 2.41. The zero-order valence-electron chi connectivity index (χ0n) is 30.9. The van der Waals surface area contributed by atoms with Crippen molar-refractivity contribution in [1.29, 1.82) is 0 Å². The monoisotopic (exact) mass is 780 g/mol. The van der Waals surface area contributed by atoms with Crippen molar-refractivity contribution in [2.45, 2.75) is 78.1 Å². The summed E-state index contributed by atoms with van der Waals surface area (Å²) in [5.74, 6) is 0. The molecule has 4 aromatic heterocycles. The van der Waals surface area contributed by atoms with Crippen LogP contribution >= 0.6 is 45.3 Å². The second-order valence-corrected chi connectivity index (χ2v) is 17.3. The topological polar surface area (TPSA) is 51.6 Å². The Morgan fingerprint density at radius 3 is 1.02 bits per heavy atom. The summed E-state index contributed by atoms with van der Waals surface area (Å²) in [5, 5.41) is 0. The summed E-state index contributed by atoms with van der Waals surface area (Å²) in [7, 11) is 0. The largest absolute Gasteiger partial charge is 0.244 e. The highest BCUT2D eigenvalue weighted by molar-refractivity contribution is 7.19. The number of aryl methyl sites for hydroxylation is 2. The molecule has 0 aliphatic carbocycles. The molecule has 0 unspecified atom stereocenters. The first-order valence-corrected chi connectivity index (χ1v) is 22.7. The van der Waals surface area contributed by atoms with Gasteiger partial charge in [0.2, 0.25) is 0 Å². The minimum absolute atomic E-state index is 1.01. The number of benzene rings is 4. The molecule has 54 heavy (non-hydrogen) atoms. The fraction of sp³-hybridized carbons (Fsp3) is 0.261. The van der Waals surface area contributed by atoms with E-state index >= 15 is 0 Å². The highest BCUT2D eigenvalue weighted by atomic mass is 32.1. The molecule has 0 atom stereocenters. The quantitative estimate of drug-likeness (QED) is 0.0724. The fourth-order valence-corrected chi connectivity index (χ4v) is 10.5. The lowest BCUT2D eigenvalue weighted by Crippen LogP contribution is -1.87. The normalized spacial score (nSPS) is 12.4. The summed E-state index contributed by atoms with van der Waals surface area (Å²) in [6, 6.07) is 18.0. The van der Waals surface area contributed by atoms with Gasteiger partial charge in [0.25, 0.3) is 0 Å². The highest BCUT2D eigenvalue weighted by Gasteiger charge is 2.18. The molecule has 8 aromatic rings. The molecule has 0 bridgehead atoms. The molecule has 0 fully saturated rings. The third-order valence-electron chi connectivity index (χ3n) is 10.2. The lowest BCUT2D eigenvalue weighted by molar-refractivity contribution is 0.667. The van der Waals surface area contributed by atoms with Crippen molar-refractivity contribution in [3.63, 3.8) is 0 Å². The molecular weight excluding hydrogens is 737 g/mol. The number of aromatic nitrogens is 4. The summed E-state index contributed by atoms with van der Waals surface area (Å²) in [6.45, 7) is 4.53. The van der Waals surface area contributed by atoms with Gasteiger partial charge in [0.15, 0.2) is 0 Å². The fourth-order valence-electron chi connectivity index (χ4n) is 7.19. The Labute approximate surface area is 333 Å². The SMILES string of the molecule is CCCCCCc1ccc(/C=C/c2c3ncsc3c(/C=C/c3c4ncsc4c(/C=C/c4ccc(CCCCCC)cc4)c4ncsc34)c3ncsc23)cc1. The third kappa shape index (κ3) is 7.89. The van der Waals surface area contributed by atoms with Crippen LogP contribution in [0, 0.1) is 0 Å². The van der Waals surface area contributed by atoms with Crippen LogP contribution in [0.1, 0.15) is 110 Å². The number of fused-ring (bicyclic) bond motifs is 4. The Balaban J connectivity index is 1.08. The Bertz CT molecular complexity index is 2300. The van der Waals surface area contributed by atoms with E-state index in [2.05, 4.69) is 98.8 Å². The molecule has 0 saturated carbocycles. The molecule has 0 N–H and O–H groups in total. The molecule has 0 amide bonds. The van der Waals surface area contributed by atoms with E-state index < -0.39 is 0 Å². The summed E-state index contributed by atoms with van der Waals surface area (Å²) < 4.78 is 4.61. The second kappa shape index (κ2) is 17.4. The molecule has 4 heterocycles. The van der Waals surface area contributed by atoms with Crippen LogP contribution < -0.4 is 0 Å². The summed E-state index contributed by atoms with van der Waals surface area (Å²) in [5.41, 5.74) is 21.6. The first kappa shape index (κ1) is 36.6. The molecule has 4 aromatic carbocycles. The van der Waals surface area contributed by atoms with Crippen molar-refractivity contribution >= 4 is 123 Å². The molecule has 0 aliphatic rings.